The number of hydrogen-bond donors (Lipinski definition) is 1. The summed E-state index contributed by atoms with van der Waals surface area (Å²) in [6, 6.07) is 2.13. The van der Waals surface area contributed by atoms with Gasteiger partial charge in [-0.1, -0.05) is 13.8 Å². The molecule has 1 fully saturated rings. The lowest BCUT2D eigenvalue weighted by atomic mass is 10.1. The van der Waals surface area contributed by atoms with E-state index in [1.165, 1.54) is 10.5 Å². The first-order valence-corrected chi connectivity index (χ1v) is 10.6. The highest BCUT2D eigenvalue weighted by molar-refractivity contribution is 7.07. The Hall–Kier alpha value is -1.28. The van der Waals surface area contributed by atoms with E-state index in [0.717, 1.165) is 32.0 Å². The maximum atomic E-state index is 12.7. The molecule has 4 nitrogen and oxygen atoms in total. The van der Waals surface area contributed by atoms with Crippen molar-refractivity contribution < 1.29 is 13.2 Å². The van der Waals surface area contributed by atoms with E-state index in [-0.39, 0.29) is 5.92 Å². The predicted octanol–water partition coefficient (Wildman–Crippen LogP) is 4.02. The standard InChI is InChI=1S/C19H31F3N4S/c1-4-23-18(24-10-15(3)17-7-9-27-13-17)26-8-6-16(12-26)11-25(5-2)14-19(20,21)22/h7,9,13,15-16H,4-6,8,10-12,14H2,1-3H3,(H,23,24). The molecule has 0 bridgehead atoms. The van der Waals surface area contributed by atoms with Crippen molar-refractivity contribution >= 4 is 17.3 Å². The van der Waals surface area contributed by atoms with Crippen LogP contribution in [0.1, 0.15) is 38.7 Å². The average Bonchev–Trinajstić information content (AvgIpc) is 3.28. The summed E-state index contributed by atoms with van der Waals surface area (Å²) in [6.07, 6.45) is -3.23. The van der Waals surface area contributed by atoms with E-state index in [1.807, 2.05) is 6.92 Å². The van der Waals surface area contributed by atoms with Crippen LogP contribution in [0.2, 0.25) is 0 Å². The number of guanidine groups is 1. The third-order valence-corrected chi connectivity index (χ3v) is 5.62. The highest BCUT2D eigenvalue weighted by atomic mass is 32.1. The van der Waals surface area contributed by atoms with Gasteiger partial charge in [-0.3, -0.25) is 9.89 Å². The summed E-state index contributed by atoms with van der Waals surface area (Å²) < 4.78 is 38.1. The van der Waals surface area contributed by atoms with Crippen molar-refractivity contribution in [3.8, 4) is 0 Å². The van der Waals surface area contributed by atoms with Gasteiger partial charge in [0.15, 0.2) is 5.96 Å². The summed E-state index contributed by atoms with van der Waals surface area (Å²) in [4.78, 5) is 8.47. The summed E-state index contributed by atoms with van der Waals surface area (Å²) in [5, 5.41) is 7.56. The van der Waals surface area contributed by atoms with Crippen LogP contribution < -0.4 is 5.32 Å². The van der Waals surface area contributed by atoms with Crippen molar-refractivity contribution in [3.63, 3.8) is 0 Å². The van der Waals surface area contributed by atoms with Gasteiger partial charge in [-0.25, -0.2) is 0 Å². The zero-order valence-corrected chi connectivity index (χ0v) is 17.2. The number of likely N-dealkylation sites (tertiary alicyclic amines) is 1. The van der Waals surface area contributed by atoms with E-state index in [9.17, 15) is 13.2 Å². The first kappa shape index (κ1) is 22.0. The zero-order valence-electron chi connectivity index (χ0n) is 16.4. The first-order valence-electron chi connectivity index (χ1n) is 9.66. The number of alkyl halides is 3. The van der Waals surface area contributed by atoms with Crippen molar-refractivity contribution in [2.75, 3.05) is 45.8 Å². The number of halogens is 3. The average molecular weight is 405 g/mol. The lowest BCUT2D eigenvalue weighted by molar-refractivity contribution is -0.146. The molecule has 1 aliphatic heterocycles. The third-order valence-electron chi connectivity index (χ3n) is 4.91. The number of nitrogens with zero attached hydrogens (tertiary/aromatic N) is 3. The molecule has 0 radical (unpaired) electrons. The van der Waals surface area contributed by atoms with E-state index < -0.39 is 12.7 Å². The molecule has 0 amide bonds. The number of rotatable bonds is 8. The smallest absolute Gasteiger partial charge is 0.357 e. The van der Waals surface area contributed by atoms with E-state index in [0.29, 0.717) is 25.6 Å². The molecule has 1 saturated heterocycles. The fraction of sp³-hybridized carbons (Fsp3) is 0.737. The van der Waals surface area contributed by atoms with Crippen LogP contribution >= 0.6 is 11.3 Å². The lowest BCUT2D eigenvalue weighted by Crippen LogP contribution is -2.42. The largest absolute Gasteiger partial charge is 0.401 e. The fourth-order valence-corrected chi connectivity index (χ4v) is 4.19. The quantitative estimate of drug-likeness (QED) is 0.524. The molecule has 1 N–H and O–H groups in total. The first-order chi connectivity index (χ1) is 12.8. The Kier molecular flexibility index (Phi) is 8.41. The van der Waals surface area contributed by atoms with E-state index in [2.05, 4.69) is 34.0 Å². The van der Waals surface area contributed by atoms with Gasteiger partial charge in [0.25, 0.3) is 0 Å². The fourth-order valence-electron chi connectivity index (χ4n) is 3.41. The van der Waals surface area contributed by atoms with E-state index in [4.69, 9.17) is 4.99 Å². The molecule has 1 aliphatic rings. The Morgan fingerprint density at radius 3 is 2.81 bits per heavy atom. The van der Waals surface area contributed by atoms with Crippen molar-refractivity contribution in [2.45, 2.75) is 39.3 Å². The van der Waals surface area contributed by atoms with Gasteiger partial charge in [0, 0.05) is 38.6 Å². The van der Waals surface area contributed by atoms with Crippen LogP contribution in [-0.2, 0) is 0 Å². The van der Waals surface area contributed by atoms with Crippen LogP contribution in [0, 0.1) is 5.92 Å². The predicted molar refractivity (Wildman–Crippen MR) is 107 cm³/mol. The van der Waals surface area contributed by atoms with Gasteiger partial charge in [0.05, 0.1) is 6.54 Å². The van der Waals surface area contributed by atoms with Gasteiger partial charge in [0.1, 0.15) is 0 Å². The zero-order chi connectivity index (χ0) is 19.9. The Balaban J connectivity index is 1.91. The number of aliphatic imine (C=N–C) groups is 1. The molecule has 1 aromatic heterocycles. The van der Waals surface area contributed by atoms with Gasteiger partial charge >= 0.3 is 6.18 Å². The molecule has 2 unspecified atom stereocenters. The number of thiophene rings is 1. The molecule has 0 spiro atoms. The molecule has 2 atom stereocenters. The maximum Gasteiger partial charge on any atom is 0.401 e. The van der Waals surface area contributed by atoms with Crippen molar-refractivity contribution in [2.24, 2.45) is 10.9 Å². The second kappa shape index (κ2) is 10.3. The van der Waals surface area contributed by atoms with Crippen LogP contribution in [0.4, 0.5) is 13.2 Å². The van der Waals surface area contributed by atoms with Gasteiger partial charge in [-0.15, -0.1) is 0 Å². The minimum atomic E-state index is -4.14. The summed E-state index contributed by atoms with van der Waals surface area (Å²) in [7, 11) is 0. The van der Waals surface area contributed by atoms with Crippen LogP contribution in [0.15, 0.2) is 21.8 Å². The summed E-state index contributed by atoms with van der Waals surface area (Å²) in [5.41, 5.74) is 1.30. The number of hydrogen-bond acceptors (Lipinski definition) is 3. The van der Waals surface area contributed by atoms with Crippen LogP contribution in [0.3, 0.4) is 0 Å². The molecule has 27 heavy (non-hydrogen) atoms. The van der Waals surface area contributed by atoms with Gasteiger partial charge in [-0.2, -0.15) is 24.5 Å². The van der Waals surface area contributed by atoms with E-state index in [1.54, 1.807) is 18.3 Å². The Morgan fingerprint density at radius 1 is 1.44 bits per heavy atom. The molecule has 2 rings (SSSR count). The van der Waals surface area contributed by atoms with E-state index >= 15 is 0 Å². The third kappa shape index (κ3) is 7.33. The molecule has 0 aromatic carbocycles. The van der Waals surface area contributed by atoms with Crippen LogP contribution in [0.5, 0.6) is 0 Å². The second-order valence-electron chi connectivity index (χ2n) is 7.20. The Bertz CT molecular complexity index is 574. The molecule has 0 aliphatic carbocycles. The molecular weight excluding hydrogens is 373 g/mol. The van der Waals surface area contributed by atoms with Crippen molar-refractivity contribution in [1.82, 2.24) is 15.1 Å². The van der Waals surface area contributed by atoms with Crippen molar-refractivity contribution in [1.29, 1.82) is 0 Å². The minimum absolute atomic E-state index is 0.241. The monoisotopic (exact) mass is 404 g/mol. The van der Waals surface area contributed by atoms with Crippen LogP contribution in [0.25, 0.3) is 0 Å². The van der Waals surface area contributed by atoms with Gasteiger partial charge in [0.2, 0.25) is 0 Å². The normalized spacial score (nSPS) is 19.7. The molecule has 2 heterocycles. The van der Waals surface area contributed by atoms with Crippen molar-refractivity contribution in [3.05, 3.63) is 22.4 Å². The molecule has 8 heteroatoms. The lowest BCUT2D eigenvalue weighted by Gasteiger charge is -2.26. The topological polar surface area (TPSA) is 30.9 Å². The Labute approximate surface area is 164 Å². The maximum absolute atomic E-state index is 12.7. The second-order valence-corrected chi connectivity index (χ2v) is 7.98. The van der Waals surface area contributed by atoms with Gasteiger partial charge in [-0.05, 0) is 48.2 Å². The van der Waals surface area contributed by atoms with Gasteiger partial charge < -0.3 is 10.2 Å². The molecule has 0 saturated carbocycles. The SMILES string of the molecule is CCNC(=NCC(C)c1ccsc1)N1CCC(CN(CC)CC(F)(F)F)C1. The molecular formula is C19H31F3N4S. The Morgan fingerprint density at radius 2 is 2.22 bits per heavy atom. The summed E-state index contributed by atoms with van der Waals surface area (Å²) >= 11 is 1.69. The highest BCUT2D eigenvalue weighted by Crippen LogP contribution is 2.22. The van der Waals surface area contributed by atoms with Crippen LogP contribution in [-0.4, -0.2) is 67.7 Å². The summed E-state index contributed by atoms with van der Waals surface area (Å²) in [6.45, 7) is 9.14. The number of nitrogens with one attached hydrogen (secondary N) is 1. The summed E-state index contributed by atoms with van der Waals surface area (Å²) in [5.74, 6) is 1.47. The molecule has 154 valence electrons. The highest BCUT2D eigenvalue weighted by Gasteiger charge is 2.33. The minimum Gasteiger partial charge on any atom is -0.357 e. The molecule has 1 aromatic rings.